The topological polar surface area (TPSA) is 90.5 Å². The molecule has 0 saturated heterocycles. The summed E-state index contributed by atoms with van der Waals surface area (Å²) in [6, 6.07) is 15.2. The van der Waals surface area contributed by atoms with Crippen molar-refractivity contribution in [1.82, 2.24) is 9.97 Å². The fourth-order valence-corrected chi connectivity index (χ4v) is 4.56. The number of aliphatic hydroxyl groups is 1. The van der Waals surface area contributed by atoms with Gasteiger partial charge in [-0.3, -0.25) is 4.79 Å². The first-order chi connectivity index (χ1) is 16.4. The van der Waals surface area contributed by atoms with Crippen molar-refractivity contribution in [3.8, 4) is 11.5 Å². The van der Waals surface area contributed by atoms with Crippen molar-refractivity contribution >= 4 is 39.9 Å². The zero-order chi connectivity index (χ0) is 23.9. The van der Waals surface area contributed by atoms with E-state index in [1.165, 1.54) is 0 Å². The van der Waals surface area contributed by atoms with Crippen LogP contribution in [0.1, 0.15) is 25.0 Å². The Morgan fingerprint density at radius 1 is 1.12 bits per heavy atom. The largest absolute Gasteiger partial charge is 0.457 e. The maximum Gasteiger partial charge on any atom is 0.252 e. The molecule has 174 valence electrons. The number of aromatic nitrogens is 2. The lowest BCUT2D eigenvalue weighted by molar-refractivity contribution is -0.122. The number of aliphatic hydroxyl groups excluding tert-OH is 1. The maximum absolute atomic E-state index is 12.9. The van der Waals surface area contributed by atoms with Crippen molar-refractivity contribution in [3.05, 3.63) is 77.1 Å². The molecule has 0 aliphatic carbocycles. The van der Waals surface area contributed by atoms with E-state index in [2.05, 4.69) is 15.3 Å². The zero-order valence-corrected chi connectivity index (χ0v) is 19.7. The third-order valence-corrected chi connectivity index (χ3v) is 6.33. The van der Waals surface area contributed by atoms with E-state index in [-0.39, 0.29) is 19.1 Å². The normalized spacial score (nSPS) is 14.7. The van der Waals surface area contributed by atoms with Crippen molar-refractivity contribution in [2.24, 2.45) is 0 Å². The van der Waals surface area contributed by atoms with Crippen LogP contribution in [0.25, 0.3) is 11.0 Å². The average Bonchev–Trinajstić information content (AvgIpc) is 3.22. The third kappa shape index (κ3) is 3.97. The summed E-state index contributed by atoms with van der Waals surface area (Å²) in [6.45, 7) is 3.75. The number of β-amino-alcohol motifs (C(OH)–C–C–N with tert-alkyl or cyclic N) is 1. The molecule has 5 rings (SSSR count). The van der Waals surface area contributed by atoms with Gasteiger partial charge in [-0.1, -0.05) is 35.9 Å². The Hall–Kier alpha value is -3.55. The fourth-order valence-electron chi connectivity index (χ4n) is 4.32. The van der Waals surface area contributed by atoms with E-state index in [1.54, 1.807) is 11.1 Å². The van der Waals surface area contributed by atoms with Gasteiger partial charge in [0.15, 0.2) is 0 Å². The van der Waals surface area contributed by atoms with Crippen LogP contribution in [0.3, 0.4) is 0 Å². The predicted molar refractivity (Wildman–Crippen MR) is 134 cm³/mol. The number of anilines is 2. The molecular weight excluding hydrogens is 452 g/mol. The highest BCUT2D eigenvalue weighted by Crippen LogP contribution is 2.41. The Morgan fingerprint density at radius 2 is 1.91 bits per heavy atom. The van der Waals surface area contributed by atoms with Crippen LogP contribution in [0.5, 0.6) is 11.5 Å². The van der Waals surface area contributed by atoms with E-state index in [0.717, 1.165) is 33.6 Å². The van der Waals surface area contributed by atoms with Gasteiger partial charge in [0.05, 0.1) is 24.2 Å². The van der Waals surface area contributed by atoms with Crippen LogP contribution in [-0.4, -0.2) is 39.7 Å². The van der Waals surface area contributed by atoms with E-state index in [4.69, 9.17) is 16.3 Å². The Kier molecular flexibility index (Phi) is 5.67. The summed E-state index contributed by atoms with van der Waals surface area (Å²) in [5, 5.41) is 14.4. The lowest BCUT2D eigenvalue weighted by atomic mass is 9.96. The van der Waals surface area contributed by atoms with Crippen LogP contribution >= 0.6 is 11.6 Å². The van der Waals surface area contributed by atoms with E-state index in [9.17, 15) is 9.90 Å². The lowest BCUT2D eigenvalue weighted by Crippen LogP contribution is -2.54. The molecular formula is C26H25ClN4O3. The summed E-state index contributed by atoms with van der Waals surface area (Å²) >= 11 is 6.63. The highest BCUT2D eigenvalue weighted by molar-refractivity contribution is 6.31. The minimum Gasteiger partial charge on any atom is -0.457 e. The number of hydrogen-bond donors (Lipinski definition) is 3. The van der Waals surface area contributed by atoms with E-state index in [0.29, 0.717) is 22.9 Å². The molecule has 0 radical (unpaired) electrons. The van der Waals surface area contributed by atoms with Gasteiger partial charge >= 0.3 is 0 Å². The molecule has 8 heteroatoms. The van der Waals surface area contributed by atoms with Crippen molar-refractivity contribution in [3.63, 3.8) is 0 Å². The first-order valence-electron chi connectivity index (χ1n) is 11.1. The molecule has 1 amide bonds. The van der Waals surface area contributed by atoms with Crippen LogP contribution in [0, 0.1) is 0 Å². The number of amides is 1. The summed E-state index contributed by atoms with van der Waals surface area (Å²) in [4.78, 5) is 22.3. The number of fused-ring (bicyclic) bond motifs is 3. The average molecular weight is 477 g/mol. The second-order valence-electron chi connectivity index (χ2n) is 8.83. The Bertz CT molecular complexity index is 1370. The molecule has 7 nitrogen and oxygen atoms in total. The number of pyridine rings is 1. The number of aromatic amines is 1. The maximum atomic E-state index is 12.9. The molecule has 4 aromatic rings. The third-order valence-electron chi connectivity index (χ3n) is 5.98. The van der Waals surface area contributed by atoms with Gasteiger partial charge in [0, 0.05) is 29.6 Å². The van der Waals surface area contributed by atoms with Gasteiger partial charge in [-0.05, 0) is 49.2 Å². The molecule has 3 heterocycles. The molecule has 0 unspecified atom stereocenters. The number of hydrogen-bond acceptors (Lipinski definition) is 5. The van der Waals surface area contributed by atoms with E-state index >= 15 is 0 Å². The first kappa shape index (κ1) is 22.3. The van der Waals surface area contributed by atoms with Crippen molar-refractivity contribution in [2.75, 3.05) is 23.4 Å². The zero-order valence-electron chi connectivity index (χ0n) is 18.9. The van der Waals surface area contributed by atoms with E-state index < -0.39 is 5.54 Å². The predicted octanol–water partition coefficient (Wildman–Crippen LogP) is 5.13. The van der Waals surface area contributed by atoms with Crippen molar-refractivity contribution < 1.29 is 14.6 Å². The second-order valence-corrected chi connectivity index (χ2v) is 9.24. The number of carbonyl (C=O) groups is 1. The van der Waals surface area contributed by atoms with Gasteiger partial charge in [-0.25, -0.2) is 4.98 Å². The van der Waals surface area contributed by atoms with Crippen molar-refractivity contribution in [2.45, 2.75) is 25.8 Å². The number of para-hydroxylation sites is 1. The van der Waals surface area contributed by atoms with Gasteiger partial charge in [-0.15, -0.1) is 0 Å². The molecule has 2 aromatic heterocycles. The lowest BCUT2D eigenvalue weighted by Gasteiger charge is -2.39. The Morgan fingerprint density at radius 3 is 2.65 bits per heavy atom. The Balaban J connectivity index is 1.50. The van der Waals surface area contributed by atoms with Crippen LogP contribution in [0.2, 0.25) is 5.02 Å². The summed E-state index contributed by atoms with van der Waals surface area (Å²) in [5.41, 5.74) is 3.32. The van der Waals surface area contributed by atoms with Gasteiger partial charge in [0.1, 0.15) is 22.7 Å². The number of ether oxygens (including phenoxy) is 1. The number of rotatable bonds is 6. The highest BCUT2D eigenvalue weighted by Gasteiger charge is 2.39. The minimum absolute atomic E-state index is 0.107. The molecule has 0 bridgehead atoms. The molecule has 0 spiro atoms. The number of nitrogens with one attached hydrogen (secondary N) is 2. The van der Waals surface area contributed by atoms with Gasteiger partial charge in [0.2, 0.25) is 0 Å². The monoisotopic (exact) mass is 476 g/mol. The molecule has 2 aromatic carbocycles. The molecule has 0 saturated carbocycles. The van der Waals surface area contributed by atoms with E-state index in [1.807, 2.05) is 68.6 Å². The number of halogens is 1. The molecule has 3 N–H and O–H groups in total. The number of nitrogens with zero attached hydrogens (tertiary/aromatic N) is 2. The summed E-state index contributed by atoms with van der Waals surface area (Å²) < 4.78 is 5.89. The number of benzene rings is 2. The van der Waals surface area contributed by atoms with Gasteiger partial charge < -0.3 is 25.0 Å². The SMILES string of the molecule is CC1(C)Nc2c(cnc3[nH]cc(Cc4ccc(Oc5ccccc5)cc4Cl)c23)N(CCO)C1=O. The van der Waals surface area contributed by atoms with Gasteiger partial charge in [0.25, 0.3) is 5.91 Å². The molecule has 0 fully saturated rings. The van der Waals surface area contributed by atoms with Gasteiger partial charge in [-0.2, -0.15) is 0 Å². The summed E-state index contributed by atoms with van der Waals surface area (Å²) in [6.07, 6.45) is 4.15. The quantitative estimate of drug-likeness (QED) is 0.359. The molecule has 0 atom stereocenters. The highest BCUT2D eigenvalue weighted by atomic mass is 35.5. The summed E-state index contributed by atoms with van der Waals surface area (Å²) in [7, 11) is 0. The van der Waals surface area contributed by atoms with Crippen molar-refractivity contribution in [1.29, 1.82) is 0 Å². The first-order valence-corrected chi connectivity index (χ1v) is 11.5. The number of H-pyrrole nitrogens is 1. The Labute approximate surface area is 202 Å². The summed E-state index contributed by atoms with van der Waals surface area (Å²) in [5.74, 6) is 1.31. The minimum atomic E-state index is -0.820. The molecule has 1 aliphatic rings. The second kappa shape index (κ2) is 8.66. The standard InChI is InChI=1S/C26H25ClN4O3/c1-26(2)25(33)31(10-11-32)21-15-29-24-22(23(21)30-26)17(14-28-24)12-16-8-9-19(13-20(16)27)34-18-6-4-3-5-7-18/h3-9,13-15,30,32H,10-12H2,1-2H3,(H,28,29). The van der Waals surface area contributed by atoms with Crippen LogP contribution in [-0.2, 0) is 11.2 Å². The van der Waals surface area contributed by atoms with Crippen LogP contribution in [0.15, 0.2) is 60.9 Å². The molecule has 34 heavy (non-hydrogen) atoms. The molecule has 1 aliphatic heterocycles. The van der Waals surface area contributed by atoms with Crippen LogP contribution in [0.4, 0.5) is 11.4 Å². The van der Waals surface area contributed by atoms with Crippen LogP contribution < -0.4 is 15.0 Å². The fraction of sp³-hybridized carbons (Fsp3) is 0.231. The number of carbonyl (C=O) groups excluding carboxylic acids is 1. The smallest absolute Gasteiger partial charge is 0.252 e.